The van der Waals surface area contributed by atoms with Crippen molar-refractivity contribution < 1.29 is 4.74 Å². The maximum atomic E-state index is 5.97. The van der Waals surface area contributed by atoms with Gasteiger partial charge in [0.1, 0.15) is 5.75 Å². The van der Waals surface area contributed by atoms with Crippen LogP contribution in [0.5, 0.6) is 11.8 Å². The van der Waals surface area contributed by atoms with Crippen molar-refractivity contribution in [3.63, 3.8) is 0 Å². The van der Waals surface area contributed by atoms with Gasteiger partial charge < -0.3 is 10.5 Å². The van der Waals surface area contributed by atoms with Crippen LogP contribution in [0.15, 0.2) is 30.5 Å². The molecule has 17 heavy (non-hydrogen) atoms. The van der Waals surface area contributed by atoms with Crippen molar-refractivity contribution >= 4 is 11.6 Å². The summed E-state index contributed by atoms with van der Waals surface area (Å²) in [6.07, 6.45) is 1.66. The molecule has 0 saturated carbocycles. The van der Waals surface area contributed by atoms with Crippen molar-refractivity contribution in [3.05, 3.63) is 46.7 Å². The normalized spacial score (nSPS) is 10.3. The van der Waals surface area contributed by atoms with E-state index in [4.69, 9.17) is 22.1 Å². The lowest BCUT2D eigenvalue weighted by molar-refractivity contribution is 0.439. The third-order valence-electron chi connectivity index (χ3n) is 2.32. The number of nitrogens with zero attached hydrogens (tertiary/aromatic N) is 2. The van der Waals surface area contributed by atoms with Crippen LogP contribution in [0, 0.1) is 6.92 Å². The highest BCUT2D eigenvalue weighted by Crippen LogP contribution is 2.26. The molecule has 5 heteroatoms. The van der Waals surface area contributed by atoms with Gasteiger partial charge in [-0.15, -0.1) is 0 Å². The van der Waals surface area contributed by atoms with Gasteiger partial charge in [0, 0.05) is 24.0 Å². The van der Waals surface area contributed by atoms with Gasteiger partial charge in [0.25, 0.3) is 0 Å². The van der Waals surface area contributed by atoms with Crippen molar-refractivity contribution in [1.29, 1.82) is 0 Å². The van der Waals surface area contributed by atoms with E-state index in [1.807, 2.05) is 19.1 Å². The van der Waals surface area contributed by atoms with Gasteiger partial charge in [-0.3, -0.25) is 0 Å². The zero-order chi connectivity index (χ0) is 12.3. The number of rotatable bonds is 3. The topological polar surface area (TPSA) is 61.0 Å². The zero-order valence-electron chi connectivity index (χ0n) is 9.35. The minimum Gasteiger partial charge on any atom is -0.423 e. The van der Waals surface area contributed by atoms with Gasteiger partial charge in [-0.25, -0.2) is 4.98 Å². The standard InChI is InChI=1S/C12H12ClN3O/c1-8-9(6-14)7-15-12(16-8)17-11-5-3-2-4-10(11)13/h2-5,7H,6,14H2,1H3. The number of halogens is 1. The Labute approximate surface area is 104 Å². The Kier molecular flexibility index (Phi) is 3.56. The molecule has 1 aromatic carbocycles. The number of para-hydroxylation sites is 1. The van der Waals surface area contributed by atoms with Crippen molar-refractivity contribution in [3.8, 4) is 11.8 Å². The van der Waals surface area contributed by atoms with Gasteiger partial charge >= 0.3 is 6.01 Å². The molecule has 1 aromatic heterocycles. The Balaban J connectivity index is 2.25. The van der Waals surface area contributed by atoms with Crippen LogP contribution in [0.4, 0.5) is 0 Å². The Morgan fingerprint density at radius 2 is 2.12 bits per heavy atom. The minimum atomic E-state index is 0.271. The first-order chi connectivity index (χ1) is 8.20. The summed E-state index contributed by atoms with van der Waals surface area (Å²) in [7, 11) is 0. The molecule has 2 N–H and O–H groups in total. The maximum Gasteiger partial charge on any atom is 0.322 e. The van der Waals surface area contributed by atoms with Crippen LogP contribution in [0.2, 0.25) is 5.02 Å². The van der Waals surface area contributed by atoms with Crippen LogP contribution >= 0.6 is 11.6 Å². The summed E-state index contributed by atoms with van der Waals surface area (Å²) in [6.45, 7) is 2.28. The molecular formula is C12H12ClN3O. The molecule has 0 radical (unpaired) electrons. The smallest absolute Gasteiger partial charge is 0.322 e. The van der Waals surface area contributed by atoms with E-state index in [0.29, 0.717) is 17.3 Å². The summed E-state index contributed by atoms with van der Waals surface area (Å²) in [5.41, 5.74) is 7.24. The molecule has 0 aliphatic heterocycles. The number of hydrogen-bond donors (Lipinski definition) is 1. The summed E-state index contributed by atoms with van der Waals surface area (Å²) < 4.78 is 5.49. The highest BCUT2D eigenvalue weighted by molar-refractivity contribution is 6.32. The molecule has 0 bridgehead atoms. The highest BCUT2D eigenvalue weighted by atomic mass is 35.5. The molecular weight excluding hydrogens is 238 g/mol. The Bertz CT molecular complexity index is 531. The average Bonchev–Trinajstić information content (AvgIpc) is 2.32. The second-order valence-corrected chi connectivity index (χ2v) is 3.91. The highest BCUT2D eigenvalue weighted by Gasteiger charge is 2.06. The molecule has 88 valence electrons. The number of aryl methyl sites for hydroxylation is 1. The van der Waals surface area contributed by atoms with Gasteiger partial charge in [0.15, 0.2) is 0 Å². The third kappa shape index (κ3) is 2.72. The minimum absolute atomic E-state index is 0.271. The Hall–Kier alpha value is -1.65. The fraction of sp³-hybridized carbons (Fsp3) is 0.167. The van der Waals surface area contributed by atoms with E-state index < -0.39 is 0 Å². The first-order valence-electron chi connectivity index (χ1n) is 5.15. The van der Waals surface area contributed by atoms with E-state index in [9.17, 15) is 0 Å². The zero-order valence-corrected chi connectivity index (χ0v) is 10.1. The molecule has 1 heterocycles. The molecule has 0 fully saturated rings. The SMILES string of the molecule is Cc1nc(Oc2ccccc2Cl)ncc1CN. The lowest BCUT2D eigenvalue weighted by Crippen LogP contribution is -2.03. The first-order valence-corrected chi connectivity index (χ1v) is 5.53. The maximum absolute atomic E-state index is 5.97. The van der Waals surface area contributed by atoms with E-state index in [2.05, 4.69) is 9.97 Å². The number of ether oxygens (including phenoxy) is 1. The summed E-state index contributed by atoms with van der Waals surface area (Å²) in [6, 6.07) is 7.45. The fourth-order valence-electron chi connectivity index (χ4n) is 1.35. The third-order valence-corrected chi connectivity index (χ3v) is 2.63. The molecule has 0 aliphatic rings. The van der Waals surface area contributed by atoms with E-state index >= 15 is 0 Å². The fourth-order valence-corrected chi connectivity index (χ4v) is 1.52. The average molecular weight is 250 g/mol. The second-order valence-electron chi connectivity index (χ2n) is 3.50. The van der Waals surface area contributed by atoms with Crippen LogP contribution in [0.25, 0.3) is 0 Å². The lowest BCUT2D eigenvalue weighted by atomic mass is 10.2. The number of benzene rings is 1. The van der Waals surface area contributed by atoms with E-state index in [-0.39, 0.29) is 6.01 Å². The quantitative estimate of drug-likeness (QED) is 0.909. The molecule has 2 aromatic rings. The Morgan fingerprint density at radius 3 is 2.76 bits per heavy atom. The predicted octanol–water partition coefficient (Wildman–Crippen LogP) is 2.69. The predicted molar refractivity (Wildman–Crippen MR) is 66.2 cm³/mol. The largest absolute Gasteiger partial charge is 0.423 e. The second kappa shape index (κ2) is 5.12. The van der Waals surface area contributed by atoms with E-state index in [1.165, 1.54) is 0 Å². The van der Waals surface area contributed by atoms with Gasteiger partial charge in [-0.1, -0.05) is 23.7 Å². The molecule has 0 saturated heterocycles. The Morgan fingerprint density at radius 1 is 1.35 bits per heavy atom. The summed E-state index contributed by atoms with van der Waals surface area (Å²) >= 11 is 5.97. The number of hydrogen-bond acceptors (Lipinski definition) is 4. The van der Waals surface area contributed by atoms with Crippen LogP contribution < -0.4 is 10.5 Å². The summed E-state index contributed by atoms with van der Waals surface area (Å²) in [5, 5.41) is 0.525. The molecule has 0 spiro atoms. The molecule has 4 nitrogen and oxygen atoms in total. The van der Waals surface area contributed by atoms with E-state index in [1.54, 1.807) is 18.3 Å². The van der Waals surface area contributed by atoms with Crippen LogP contribution in [-0.2, 0) is 6.54 Å². The number of nitrogens with two attached hydrogens (primary N) is 1. The van der Waals surface area contributed by atoms with Crippen molar-refractivity contribution in [2.75, 3.05) is 0 Å². The van der Waals surface area contributed by atoms with Gasteiger partial charge in [-0.2, -0.15) is 4.98 Å². The molecule has 0 aliphatic carbocycles. The van der Waals surface area contributed by atoms with Crippen LogP contribution in [0.3, 0.4) is 0 Å². The van der Waals surface area contributed by atoms with Crippen LogP contribution in [0.1, 0.15) is 11.3 Å². The molecule has 0 atom stereocenters. The molecule has 0 unspecified atom stereocenters. The van der Waals surface area contributed by atoms with E-state index in [0.717, 1.165) is 11.3 Å². The molecule has 2 rings (SSSR count). The van der Waals surface area contributed by atoms with Gasteiger partial charge in [0.05, 0.1) is 5.02 Å². The lowest BCUT2D eigenvalue weighted by Gasteiger charge is -2.07. The van der Waals surface area contributed by atoms with Crippen LogP contribution in [-0.4, -0.2) is 9.97 Å². The molecule has 0 amide bonds. The van der Waals surface area contributed by atoms with Crippen molar-refractivity contribution in [2.45, 2.75) is 13.5 Å². The van der Waals surface area contributed by atoms with Gasteiger partial charge in [-0.05, 0) is 19.1 Å². The van der Waals surface area contributed by atoms with Gasteiger partial charge in [0.2, 0.25) is 0 Å². The summed E-state index contributed by atoms with van der Waals surface area (Å²) in [5.74, 6) is 0.536. The monoisotopic (exact) mass is 249 g/mol. The summed E-state index contributed by atoms with van der Waals surface area (Å²) in [4.78, 5) is 8.28. The van der Waals surface area contributed by atoms with Crippen molar-refractivity contribution in [1.82, 2.24) is 9.97 Å². The van der Waals surface area contributed by atoms with Crippen molar-refractivity contribution in [2.24, 2.45) is 5.73 Å². The number of aromatic nitrogens is 2. The first kappa shape index (κ1) is 11.8.